The van der Waals surface area contributed by atoms with Crippen molar-refractivity contribution in [3.05, 3.63) is 0 Å². The summed E-state index contributed by atoms with van der Waals surface area (Å²) < 4.78 is 16.5. The fraction of sp³-hybridized carbons (Fsp3) is 1.00. The Balaban J connectivity index is 2.49. The zero-order valence-electron chi connectivity index (χ0n) is 5.14. The molecule has 1 aliphatic heterocycles. The molecule has 0 saturated carbocycles. The van der Waals surface area contributed by atoms with Crippen molar-refractivity contribution >= 4 is 0 Å². The van der Waals surface area contributed by atoms with E-state index in [9.17, 15) is 4.39 Å². The van der Waals surface area contributed by atoms with Gasteiger partial charge in [0.1, 0.15) is 18.3 Å². The smallest absolute Gasteiger partial charge is 0.225 e. The summed E-state index contributed by atoms with van der Waals surface area (Å²) in [6.45, 7) is -0.132. The Kier molecular flexibility index (Phi) is 2.20. The monoisotopic (exact) mass is 152 g/mol. The van der Waals surface area contributed by atoms with Crippen LogP contribution in [0.5, 0.6) is 0 Å². The quantitative estimate of drug-likeness (QED) is 0.423. The van der Waals surface area contributed by atoms with Crippen LogP contribution >= 0.6 is 0 Å². The van der Waals surface area contributed by atoms with E-state index in [0.717, 1.165) is 0 Å². The fourth-order valence-corrected chi connectivity index (χ4v) is 0.868. The molecule has 4 nitrogen and oxygen atoms in total. The van der Waals surface area contributed by atoms with Crippen LogP contribution in [-0.4, -0.2) is 46.6 Å². The SMILES string of the molecule is OC(F)[C@H]1OC[C@H](O)[C@@H]1O. The molecule has 4 atom stereocenters. The van der Waals surface area contributed by atoms with Crippen LogP contribution < -0.4 is 0 Å². The summed E-state index contributed by atoms with van der Waals surface area (Å²) in [5.41, 5.74) is 0. The van der Waals surface area contributed by atoms with E-state index in [1.165, 1.54) is 0 Å². The van der Waals surface area contributed by atoms with E-state index in [2.05, 4.69) is 4.74 Å². The van der Waals surface area contributed by atoms with Gasteiger partial charge in [-0.3, -0.25) is 0 Å². The summed E-state index contributed by atoms with van der Waals surface area (Å²) in [7, 11) is 0. The van der Waals surface area contributed by atoms with Crippen molar-refractivity contribution in [1.29, 1.82) is 0 Å². The molecule has 0 aliphatic carbocycles. The predicted molar refractivity (Wildman–Crippen MR) is 28.9 cm³/mol. The number of ether oxygens (including phenoxy) is 1. The third kappa shape index (κ3) is 1.27. The lowest BCUT2D eigenvalue weighted by Crippen LogP contribution is -2.36. The van der Waals surface area contributed by atoms with Gasteiger partial charge in [-0.05, 0) is 0 Å². The number of hydrogen-bond donors (Lipinski definition) is 3. The Hall–Kier alpha value is -0.230. The molecule has 3 N–H and O–H groups in total. The van der Waals surface area contributed by atoms with Crippen LogP contribution in [0, 0.1) is 0 Å². The van der Waals surface area contributed by atoms with Crippen LogP contribution in [-0.2, 0) is 4.74 Å². The minimum absolute atomic E-state index is 0.132. The van der Waals surface area contributed by atoms with E-state index >= 15 is 0 Å². The van der Waals surface area contributed by atoms with Gasteiger partial charge in [-0.2, -0.15) is 0 Å². The van der Waals surface area contributed by atoms with Gasteiger partial charge in [0, 0.05) is 0 Å². The second-order valence-electron chi connectivity index (χ2n) is 2.23. The molecule has 0 aromatic rings. The molecule has 0 spiro atoms. The molecule has 1 aliphatic rings. The fourth-order valence-electron chi connectivity index (χ4n) is 0.868. The molecule has 1 unspecified atom stereocenters. The Bertz CT molecular complexity index is 118. The van der Waals surface area contributed by atoms with Gasteiger partial charge in [0.05, 0.1) is 6.61 Å². The number of rotatable bonds is 1. The first-order valence-corrected chi connectivity index (χ1v) is 2.93. The third-order valence-electron chi connectivity index (χ3n) is 1.46. The molecular weight excluding hydrogens is 143 g/mol. The lowest BCUT2D eigenvalue weighted by atomic mass is 10.1. The number of alkyl halides is 1. The molecule has 0 bridgehead atoms. The molecule has 5 heteroatoms. The number of halogens is 1. The molecule has 1 saturated heterocycles. The zero-order chi connectivity index (χ0) is 7.72. The predicted octanol–water partition coefficient (Wildman–Crippen LogP) is -1.61. The van der Waals surface area contributed by atoms with E-state index in [0.29, 0.717) is 0 Å². The Morgan fingerprint density at radius 2 is 2.10 bits per heavy atom. The molecule has 1 fully saturated rings. The van der Waals surface area contributed by atoms with Gasteiger partial charge in [0.2, 0.25) is 6.36 Å². The molecule has 60 valence electrons. The Morgan fingerprint density at radius 1 is 1.50 bits per heavy atom. The van der Waals surface area contributed by atoms with Crippen molar-refractivity contribution in [3.63, 3.8) is 0 Å². The van der Waals surface area contributed by atoms with Crippen LogP contribution in [0.1, 0.15) is 0 Å². The summed E-state index contributed by atoms with van der Waals surface area (Å²) in [6, 6.07) is 0. The molecule has 1 heterocycles. The minimum Gasteiger partial charge on any atom is -0.388 e. The number of aliphatic hydroxyl groups is 3. The first-order chi connectivity index (χ1) is 4.63. The maximum Gasteiger partial charge on any atom is 0.225 e. The number of aliphatic hydroxyl groups excluding tert-OH is 3. The lowest BCUT2D eigenvalue weighted by molar-refractivity contribution is -0.108. The summed E-state index contributed by atoms with van der Waals surface area (Å²) in [5.74, 6) is 0. The van der Waals surface area contributed by atoms with Crippen molar-refractivity contribution in [3.8, 4) is 0 Å². The molecule has 1 rings (SSSR count). The van der Waals surface area contributed by atoms with Crippen LogP contribution in [0.2, 0.25) is 0 Å². The van der Waals surface area contributed by atoms with Crippen LogP contribution in [0.25, 0.3) is 0 Å². The number of hydrogen-bond acceptors (Lipinski definition) is 4. The third-order valence-corrected chi connectivity index (χ3v) is 1.46. The summed E-state index contributed by atoms with van der Waals surface area (Å²) >= 11 is 0. The zero-order valence-corrected chi connectivity index (χ0v) is 5.14. The summed E-state index contributed by atoms with van der Waals surface area (Å²) in [4.78, 5) is 0. The topological polar surface area (TPSA) is 69.9 Å². The van der Waals surface area contributed by atoms with E-state index < -0.39 is 24.7 Å². The van der Waals surface area contributed by atoms with Crippen molar-refractivity contribution < 1.29 is 24.4 Å². The molecule has 0 amide bonds. The highest BCUT2D eigenvalue weighted by Crippen LogP contribution is 2.17. The second-order valence-corrected chi connectivity index (χ2v) is 2.23. The normalized spacial score (nSPS) is 43.8. The molecule has 0 aromatic heterocycles. The van der Waals surface area contributed by atoms with Gasteiger partial charge in [0.15, 0.2) is 0 Å². The van der Waals surface area contributed by atoms with E-state index in [1.54, 1.807) is 0 Å². The lowest BCUT2D eigenvalue weighted by Gasteiger charge is -2.13. The molecular formula is C5H9FO4. The van der Waals surface area contributed by atoms with E-state index in [4.69, 9.17) is 15.3 Å². The van der Waals surface area contributed by atoms with Crippen LogP contribution in [0.4, 0.5) is 4.39 Å². The van der Waals surface area contributed by atoms with Gasteiger partial charge < -0.3 is 20.1 Å². The first kappa shape index (κ1) is 7.87. The minimum atomic E-state index is -2.23. The van der Waals surface area contributed by atoms with Crippen LogP contribution in [0.15, 0.2) is 0 Å². The highest BCUT2D eigenvalue weighted by molar-refractivity contribution is 4.84. The van der Waals surface area contributed by atoms with Crippen molar-refractivity contribution in [1.82, 2.24) is 0 Å². The molecule has 0 aromatic carbocycles. The maximum absolute atomic E-state index is 12.0. The summed E-state index contributed by atoms with van der Waals surface area (Å²) in [6.07, 6.45) is -5.93. The first-order valence-electron chi connectivity index (χ1n) is 2.93. The molecule has 0 radical (unpaired) electrons. The van der Waals surface area contributed by atoms with E-state index in [1.807, 2.05) is 0 Å². The average Bonchev–Trinajstić information content (AvgIpc) is 2.14. The molecule has 10 heavy (non-hydrogen) atoms. The second kappa shape index (κ2) is 2.79. The average molecular weight is 152 g/mol. The maximum atomic E-state index is 12.0. The van der Waals surface area contributed by atoms with E-state index in [-0.39, 0.29) is 6.61 Å². The Labute approximate surface area is 56.9 Å². The summed E-state index contributed by atoms with van der Waals surface area (Å²) in [5, 5.41) is 25.9. The Morgan fingerprint density at radius 3 is 2.30 bits per heavy atom. The largest absolute Gasteiger partial charge is 0.388 e. The van der Waals surface area contributed by atoms with Crippen molar-refractivity contribution in [2.75, 3.05) is 6.61 Å². The highest BCUT2D eigenvalue weighted by Gasteiger charge is 2.39. The standard InChI is InChI=1S/C5H9FO4/c6-5(9)4-3(8)2(7)1-10-4/h2-5,7-9H,1H2/t2-,3-,4-,5?/m0/s1. The van der Waals surface area contributed by atoms with Crippen LogP contribution in [0.3, 0.4) is 0 Å². The van der Waals surface area contributed by atoms with Gasteiger partial charge in [-0.15, -0.1) is 0 Å². The van der Waals surface area contributed by atoms with Gasteiger partial charge in [0.25, 0.3) is 0 Å². The van der Waals surface area contributed by atoms with Gasteiger partial charge >= 0.3 is 0 Å². The van der Waals surface area contributed by atoms with Gasteiger partial charge in [-0.1, -0.05) is 0 Å². The van der Waals surface area contributed by atoms with Gasteiger partial charge in [-0.25, -0.2) is 4.39 Å². The van der Waals surface area contributed by atoms with Crippen molar-refractivity contribution in [2.45, 2.75) is 24.7 Å². The highest BCUT2D eigenvalue weighted by atomic mass is 19.1. The van der Waals surface area contributed by atoms with Crippen molar-refractivity contribution in [2.24, 2.45) is 0 Å².